The molecule has 1 unspecified atom stereocenters. The lowest BCUT2D eigenvalue weighted by Crippen LogP contribution is -2.33. The maximum Gasteiger partial charge on any atom is 0.126 e. The van der Waals surface area contributed by atoms with E-state index in [9.17, 15) is 8.78 Å². The second-order valence-corrected chi connectivity index (χ2v) is 5.02. The van der Waals surface area contributed by atoms with Crippen LogP contribution in [0.2, 0.25) is 0 Å². The largest absolute Gasteiger partial charge is 0.363 e. The van der Waals surface area contributed by atoms with Gasteiger partial charge in [-0.05, 0) is 55.3 Å². The molecule has 1 atom stereocenters. The Balaban J connectivity index is 2.36. The number of anilines is 1. The zero-order valence-electron chi connectivity index (χ0n) is 12.3. The molecule has 0 aliphatic rings. The van der Waals surface area contributed by atoms with Crippen molar-refractivity contribution in [2.24, 2.45) is 5.73 Å². The third-order valence-electron chi connectivity index (χ3n) is 3.67. The number of nitrogens with zero attached hydrogens (tertiary/aromatic N) is 1. The van der Waals surface area contributed by atoms with Crippen LogP contribution < -0.4 is 10.6 Å². The van der Waals surface area contributed by atoms with E-state index >= 15 is 0 Å². The first-order valence-electron chi connectivity index (χ1n) is 7.05. The Morgan fingerprint density at radius 2 is 1.76 bits per heavy atom. The van der Waals surface area contributed by atoms with Gasteiger partial charge in [-0.1, -0.05) is 12.1 Å². The van der Waals surface area contributed by atoms with Crippen LogP contribution in [-0.4, -0.2) is 13.1 Å². The second kappa shape index (κ2) is 6.68. The average Bonchev–Trinajstić information content (AvgIpc) is 2.49. The summed E-state index contributed by atoms with van der Waals surface area (Å²) in [5.41, 5.74) is 8.39. The quantitative estimate of drug-likeness (QED) is 0.907. The number of halogens is 2. The van der Waals surface area contributed by atoms with E-state index in [1.807, 2.05) is 13.0 Å². The summed E-state index contributed by atoms with van der Waals surface area (Å²) in [4.78, 5) is 2.09. The number of benzene rings is 2. The lowest BCUT2D eigenvalue weighted by molar-refractivity contribution is 0.607. The molecule has 0 saturated carbocycles. The van der Waals surface area contributed by atoms with Crippen molar-refractivity contribution in [1.82, 2.24) is 0 Å². The molecule has 0 spiro atoms. The zero-order valence-corrected chi connectivity index (χ0v) is 12.3. The monoisotopic (exact) mass is 290 g/mol. The number of nitrogens with two attached hydrogens (primary N) is 1. The first-order valence-corrected chi connectivity index (χ1v) is 7.05. The van der Waals surface area contributed by atoms with Crippen LogP contribution in [-0.2, 0) is 0 Å². The molecule has 0 bridgehead atoms. The molecule has 2 aromatic rings. The van der Waals surface area contributed by atoms with E-state index in [2.05, 4.69) is 4.90 Å². The van der Waals surface area contributed by atoms with Gasteiger partial charge >= 0.3 is 0 Å². The normalized spacial score (nSPS) is 12.2. The van der Waals surface area contributed by atoms with Gasteiger partial charge in [-0.3, -0.25) is 0 Å². The van der Waals surface area contributed by atoms with Crippen LogP contribution in [0.1, 0.15) is 24.1 Å². The summed E-state index contributed by atoms with van der Waals surface area (Å²) in [6.07, 6.45) is 0. The summed E-state index contributed by atoms with van der Waals surface area (Å²) in [5, 5.41) is 0. The molecule has 2 nitrogen and oxygen atoms in total. The molecule has 0 radical (unpaired) electrons. The molecular weight excluding hydrogens is 270 g/mol. The summed E-state index contributed by atoms with van der Waals surface area (Å²) in [6.45, 7) is 4.88. The van der Waals surface area contributed by atoms with E-state index < -0.39 is 0 Å². The Kier molecular flexibility index (Phi) is 4.91. The van der Waals surface area contributed by atoms with E-state index in [-0.39, 0.29) is 17.7 Å². The van der Waals surface area contributed by atoms with Gasteiger partial charge in [0.05, 0.1) is 6.04 Å². The van der Waals surface area contributed by atoms with Crippen LogP contribution in [0.4, 0.5) is 14.5 Å². The van der Waals surface area contributed by atoms with Gasteiger partial charge in [-0.15, -0.1) is 0 Å². The fourth-order valence-electron chi connectivity index (χ4n) is 2.53. The smallest absolute Gasteiger partial charge is 0.126 e. The Bertz CT molecular complexity index is 596. The Labute approximate surface area is 124 Å². The van der Waals surface area contributed by atoms with Gasteiger partial charge in [0.2, 0.25) is 0 Å². The van der Waals surface area contributed by atoms with Crippen molar-refractivity contribution in [2.75, 3.05) is 18.0 Å². The van der Waals surface area contributed by atoms with E-state index in [1.54, 1.807) is 25.1 Å². The Morgan fingerprint density at radius 1 is 1.10 bits per heavy atom. The molecule has 2 aromatic carbocycles. The molecule has 0 fully saturated rings. The summed E-state index contributed by atoms with van der Waals surface area (Å²) in [6, 6.07) is 11.3. The van der Waals surface area contributed by atoms with Gasteiger partial charge < -0.3 is 10.6 Å². The minimum atomic E-state index is -0.267. The molecule has 0 amide bonds. The summed E-state index contributed by atoms with van der Waals surface area (Å²) < 4.78 is 26.5. The second-order valence-electron chi connectivity index (χ2n) is 5.02. The van der Waals surface area contributed by atoms with Crippen molar-refractivity contribution in [1.29, 1.82) is 0 Å². The fraction of sp³-hybridized carbons (Fsp3) is 0.294. The lowest BCUT2D eigenvalue weighted by atomic mass is 10.0. The Hall–Kier alpha value is -1.94. The van der Waals surface area contributed by atoms with E-state index in [0.717, 1.165) is 17.8 Å². The average molecular weight is 290 g/mol. The Morgan fingerprint density at radius 3 is 2.29 bits per heavy atom. The highest BCUT2D eigenvalue weighted by molar-refractivity contribution is 5.49. The zero-order chi connectivity index (χ0) is 15.4. The highest BCUT2D eigenvalue weighted by atomic mass is 19.1. The lowest BCUT2D eigenvalue weighted by Gasteiger charge is -2.32. The van der Waals surface area contributed by atoms with E-state index in [4.69, 9.17) is 5.73 Å². The number of aryl methyl sites for hydroxylation is 1. The van der Waals surface area contributed by atoms with Gasteiger partial charge in [0.15, 0.2) is 0 Å². The summed E-state index contributed by atoms with van der Waals surface area (Å²) in [7, 11) is 0. The first kappa shape index (κ1) is 15.4. The van der Waals surface area contributed by atoms with Gasteiger partial charge in [0.1, 0.15) is 11.6 Å². The topological polar surface area (TPSA) is 29.3 Å². The molecule has 0 saturated heterocycles. The minimum absolute atomic E-state index is 0.0697. The minimum Gasteiger partial charge on any atom is -0.363 e. The van der Waals surface area contributed by atoms with Crippen molar-refractivity contribution in [3.8, 4) is 0 Å². The highest BCUT2D eigenvalue weighted by Gasteiger charge is 2.19. The van der Waals surface area contributed by atoms with Gasteiger partial charge in [-0.2, -0.15) is 0 Å². The SMILES string of the molecule is CCN(c1ccc(F)cc1)C(CN)c1ccc(F)c(C)c1. The molecule has 2 N–H and O–H groups in total. The molecule has 0 aromatic heterocycles. The molecule has 112 valence electrons. The predicted molar refractivity (Wildman–Crippen MR) is 82.4 cm³/mol. The van der Waals surface area contributed by atoms with Crippen molar-refractivity contribution < 1.29 is 8.78 Å². The third kappa shape index (κ3) is 3.39. The van der Waals surface area contributed by atoms with Crippen LogP contribution in [0.15, 0.2) is 42.5 Å². The number of likely N-dealkylation sites (N-methyl/N-ethyl adjacent to an activating group) is 1. The van der Waals surface area contributed by atoms with Crippen molar-refractivity contribution in [2.45, 2.75) is 19.9 Å². The standard InChI is InChI=1S/C17H20F2N2/c1-3-21(15-7-5-14(18)6-8-15)17(11-20)13-4-9-16(19)12(2)10-13/h4-10,17H,3,11,20H2,1-2H3. The number of hydrogen-bond acceptors (Lipinski definition) is 2. The molecule has 0 aliphatic carbocycles. The van der Waals surface area contributed by atoms with Gasteiger partial charge in [0, 0.05) is 18.8 Å². The van der Waals surface area contributed by atoms with Crippen molar-refractivity contribution in [3.63, 3.8) is 0 Å². The van der Waals surface area contributed by atoms with Gasteiger partial charge in [-0.25, -0.2) is 8.78 Å². The maximum absolute atomic E-state index is 13.4. The third-order valence-corrected chi connectivity index (χ3v) is 3.67. The van der Waals surface area contributed by atoms with Crippen LogP contribution in [0.5, 0.6) is 0 Å². The number of hydrogen-bond donors (Lipinski definition) is 1. The molecule has 21 heavy (non-hydrogen) atoms. The molecule has 0 heterocycles. The van der Waals surface area contributed by atoms with Gasteiger partial charge in [0.25, 0.3) is 0 Å². The fourth-order valence-corrected chi connectivity index (χ4v) is 2.53. The summed E-state index contributed by atoms with van der Waals surface area (Å²) >= 11 is 0. The van der Waals surface area contributed by atoms with Crippen LogP contribution in [0.25, 0.3) is 0 Å². The first-order chi connectivity index (χ1) is 10.1. The van der Waals surface area contributed by atoms with Crippen LogP contribution in [0.3, 0.4) is 0 Å². The van der Waals surface area contributed by atoms with Crippen LogP contribution >= 0.6 is 0 Å². The van der Waals surface area contributed by atoms with Crippen LogP contribution in [0, 0.1) is 18.6 Å². The van der Waals surface area contributed by atoms with Crippen molar-refractivity contribution >= 4 is 5.69 Å². The maximum atomic E-state index is 13.4. The van der Waals surface area contributed by atoms with E-state index in [0.29, 0.717) is 12.1 Å². The molecule has 0 aliphatic heterocycles. The molecular formula is C17H20F2N2. The number of rotatable bonds is 5. The van der Waals surface area contributed by atoms with Crippen molar-refractivity contribution in [3.05, 3.63) is 65.2 Å². The summed E-state index contributed by atoms with van der Waals surface area (Å²) in [5.74, 6) is -0.490. The highest BCUT2D eigenvalue weighted by Crippen LogP contribution is 2.27. The molecule has 4 heteroatoms. The molecule has 2 rings (SSSR count). The predicted octanol–water partition coefficient (Wildman–Crippen LogP) is 3.80. The van der Waals surface area contributed by atoms with E-state index in [1.165, 1.54) is 18.2 Å².